The number of halogens is 2. The standard InChI is InChI=1S/C17H12FN5.C16H10FN5/c1-10-20-16-17(21-10)23-15(12-3-2-4-13(18)9-12)14(22-16)11-5-7-19-8-6-11;17-12-3-1-2-11(8-12)14-13(10-4-6-18-7-5-10)21-15-16(22-14)20-9-19-15/h2-9H,1H3,(H,20,21,22,23);1-9H,(H,19,20,21,22). The second kappa shape index (κ2) is 11.8. The van der Waals surface area contributed by atoms with Gasteiger partial charge in [-0.2, -0.15) is 0 Å². The smallest absolute Gasteiger partial charge is 0.198 e. The molecule has 10 nitrogen and oxygen atoms in total. The first kappa shape index (κ1) is 27.5. The zero-order valence-electron chi connectivity index (χ0n) is 23.6. The van der Waals surface area contributed by atoms with E-state index in [1.165, 1.54) is 30.6 Å². The van der Waals surface area contributed by atoms with Crippen molar-refractivity contribution < 1.29 is 8.78 Å². The predicted molar refractivity (Wildman–Crippen MR) is 165 cm³/mol. The maximum atomic E-state index is 13.6. The van der Waals surface area contributed by atoms with Gasteiger partial charge in [-0.25, -0.2) is 38.7 Å². The first-order chi connectivity index (χ1) is 22.0. The second-order valence-electron chi connectivity index (χ2n) is 9.90. The van der Waals surface area contributed by atoms with Crippen molar-refractivity contribution in [1.82, 2.24) is 49.8 Å². The van der Waals surface area contributed by atoms with Gasteiger partial charge in [-0.3, -0.25) is 9.97 Å². The topological polar surface area (TPSA) is 135 Å². The number of fused-ring (bicyclic) bond motifs is 2. The average molecular weight is 597 g/mol. The van der Waals surface area contributed by atoms with E-state index in [1.54, 1.807) is 43.0 Å². The summed E-state index contributed by atoms with van der Waals surface area (Å²) >= 11 is 0. The van der Waals surface area contributed by atoms with Crippen LogP contribution in [0.4, 0.5) is 8.78 Å². The van der Waals surface area contributed by atoms with Gasteiger partial charge in [0.1, 0.15) is 17.5 Å². The average Bonchev–Trinajstić information content (AvgIpc) is 3.69. The van der Waals surface area contributed by atoms with E-state index in [1.807, 2.05) is 37.3 Å². The molecule has 0 saturated heterocycles. The summed E-state index contributed by atoms with van der Waals surface area (Å²) in [6, 6.07) is 20.0. The number of imidazole rings is 2. The van der Waals surface area contributed by atoms with E-state index in [4.69, 9.17) is 0 Å². The number of benzene rings is 2. The van der Waals surface area contributed by atoms with Crippen LogP contribution in [0.15, 0.2) is 104 Å². The summed E-state index contributed by atoms with van der Waals surface area (Å²) in [6.07, 6.45) is 8.28. The van der Waals surface area contributed by atoms with Gasteiger partial charge in [0.15, 0.2) is 22.6 Å². The summed E-state index contributed by atoms with van der Waals surface area (Å²) in [7, 11) is 0. The molecule has 0 atom stereocenters. The number of pyridine rings is 2. The largest absolute Gasteiger partial charge is 0.328 e. The molecule has 12 heteroatoms. The maximum Gasteiger partial charge on any atom is 0.198 e. The van der Waals surface area contributed by atoms with Crippen LogP contribution < -0.4 is 0 Å². The number of nitrogens with one attached hydrogen (secondary N) is 2. The summed E-state index contributed by atoms with van der Waals surface area (Å²) in [5, 5.41) is 0. The summed E-state index contributed by atoms with van der Waals surface area (Å²) in [6.45, 7) is 1.84. The lowest BCUT2D eigenvalue weighted by Crippen LogP contribution is -1.95. The molecule has 0 amide bonds. The molecule has 0 saturated carbocycles. The third kappa shape index (κ3) is 5.71. The van der Waals surface area contributed by atoms with Gasteiger partial charge in [0, 0.05) is 47.0 Å². The van der Waals surface area contributed by atoms with Gasteiger partial charge in [-0.1, -0.05) is 24.3 Å². The van der Waals surface area contributed by atoms with Crippen LogP contribution in [0.2, 0.25) is 0 Å². The van der Waals surface area contributed by atoms with Crippen molar-refractivity contribution >= 4 is 22.6 Å². The van der Waals surface area contributed by atoms with Crippen molar-refractivity contribution in [3.63, 3.8) is 0 Å². The van der Waals surface area contributed by atoms with Crippen molar-refractivity contribution in [2.45, 2.75) is 6.92 Å². The van der Waals surface area contributed by atoms with E-state index in [2.05, 4.69) is 49.8 Å². The van der Waals surface area contributed by atoms with Crippen molar-refractivity contribution in [1.29, 1.82) is 0 Å². The number of H-pyrrole nitrogens is 2. The van der Waals surface area contributed by atoms with Crippen LogP contribution in [0.25, 0.3) is 67.6 Å². The summed E-state index contributed by atoms with van der Waals surface area (Å²) < 4.78 is 27.2. The van der Waals surface area contributed by atoms with E-state index >= 15 is 0 Å². The van der Waals surface area contributed by atoms with Crippen LogP contribution in [0.3, 0.4) is 0 Å². The molecule has 0 fully saturated rings. The lowest BCUT2D eigenvalue weighted by atomic mass is 10.0. The third-order valence-electron chi connectivity index (χ3n) is 6.82. The van der Waals surface area contributed by atoms with Crippen molar-refractivity contribution in [3.05, 3.63) is 121 Å². The minimum absolute atomic E-state index is 0.316. The minimum atomic E-state index is -0.317. The predicted octanol–water partition coefficient (Wildman–Crippen LogP) is 6.75. The van der Waals surface area contributed by atoms with Gasteiger partial charge in [0.05, 0.1) is 29.1 Å². The molecular formula is C33H22F2N10. The van der Waals surface area contributed by atoms with Crippen LogP contribution in [0.5, 0.6) is 0 Å². The Bertz CT molecular complexity index is 2270. The van der Waals surface area contributed by atoms with E-state index in [-0.39, 0.29) is 11.6 Å². The fourth-order valence-electron chi connectivity index (χ4n) is 4.81. The Morgan fingerprint density at radius 2 is 1.04 bits per heavy atom. The van der Waals surface area contributed by atoms with Crippen molar-refractivity contribution in [2.75, 3.05) is 0 Å². The zero-order valence-corrected chi connectivity index (χ0v) is 23.6. The van der Waals surface area contributed by atoms with E-state index < -0.39 is 0 Å². The van der Waals surface area contributed by atoms with E-state index in [0.29, 0.717) is 56.5 Å². The third-order valence-corrected chi connectivity index (χ3v) is 6.82. The quantitative estimate of drug-likeness (QED) is 0.228. The fraction of sp³-hybridized carbons (Fsp3) is 0.0303. The molecule has 0 bridgehead atoms. The Balaban J connectivity index is 0.000000145. The van der Waals surface area contributed by atoms with Gasteiger partial charge in [0.25, 0.3) is 0 Å². The Labute approximate surface area is 254 Å². The number of nitrogens with zero attached hydrogens (tertiary/aromatic N) is 8. The molecule has 6 heterocycles. The molecular weight excluding hydrogens is 574 g/mol. The highest BCUT2D eigenvalue weighted by atomic mass is 19.1. The van der Waals surface area contributed by atoms with Crippen LogP contribution in [0.1, 0.15) is 5.82 Å². The zero-order chi connectivity index (χ0) is 30.8. The molecule has 0 aliphatic carbocycles. The lowest BCUT2D eigenvalue weighted by molar-refractivity contribution is 0.628. The fourth-order valence-corrected chi connectivity index (χ4v) is 4.81. The van der Waals surface area contributed by atoms with Gasteiger partial charge >= 0.3 is 0 Å². The highest BCUT2D eigenvalue weighted by molar-refractivity contribution is 5.84. The van der Waals surface area contributed by atoms with Crippen LogP contribution in [0, 0.1) is 18.6 Å². The van der Waals surface area contributed by atoms with E-state index in [9.17, 15) is 8.78 Å². The monoisotopic (exact) mass is 596 g/mol. The molecule has 8 rings (SSSR count). The lowest BCUT2D eigenvalue weighted by Gasteiger charge is -2.08. The molecule has 45 heavy (non-hydrogen) atoms. The van der Waals surface area contributed by atoms with Crippen LogP contribution in [-0.2, 0) is 0 Å². The first-order valence-electron chi connectivity index (χ1n) is 13.8. The molecule has 6 aromatic heterocycles. The normalized spacial score (nSPS) is 11.0. The van der Waals surface area contributed by atoms with Crippen LogP contribution >= 0.6 is 0 Å². The van der Waals surface area contributed by atoms with Crippen molar-refractivity contribution in [2.24, 2.45) is 0 Å². The summed E-state index contributed by atoms with van der Waals surface area (Å²) in [5.41, 5.74) is 7.74. The summed E-state index contributed by atoms with van der Waals surface area (Å²) in [4.78, 5) is 40.9. The number of rotatable bonds is 4. The van der Waals surface area contributed by atoms with Gasteiger partial charge in [-0.05, 0) is 55.5 Å². The minimum Gasteiger partial charge on any atom is -0.328 e. The number of hydrogen-bond donors (Lipinski definition) is 2. The number of aryl methyl sites for hydroxylation is 1. The molecule has 8 aromatic rings. The summed E-state index contributed by atoms with van der Waals surface area (Å²) in [5.74, 6) is 0.0995. The number of aromatic amines is 2. The van der Waals surface area contributed by atoms with Crippen molar-refractivity contribution in [3.8, 4) is 45.0 Å². The molecule has 2 N–H and O–H groups in total. The van der Waals surface area contributed by atoms with Gasteiger partial charge in [-0.15, -0.1) is 0 Å². The Morgan fingerprint density at radius 3 is 1.60 bits per heavy atom. The van der Waals surface area contributed by atoms with Gasteiger partial charge in [0.2, 0.25) is 0 Å². The highest BCUT2D eigenvalue weighted by Crippen LogP contribution is 2.31. The number of hydrogen-bond acceptors (Lipinski definition) is 8. The molecule has 0 unspecified atom stereocenters. The molecule has 218 valence electrons. The van der Waals surface area contributed by atoms with Gasteiger partial charge < -0.3 is 9.97 Å². The van der Waals surface area contributed by atoms with Crippen LogP contribution in [-0.4, -0.2) is 49.8 Å². The molecule has 0 aliphatic rings. The molecule has 0 aliphatic heterocycles. The molecule has 0 radical (unpaired) electrons. The maximum absolute atomic E-state index is 13.6. The molecule has 0 spiro atoms. The molecule has 2 aromatic carbocycles. The Kier molecular flexibility index (Phi) is 7.20. The van der Waals surface area contributed by atoms with E-state index in [0.717, 1.165) is 17.0 Å². The number of aromatic nitrogens is 10. The Hall–Kier alpha value is -6.30. The highest BCUT2D eigenvalue weighted by Gasteiger charge is 2.16. The Morgan fingerprint density at radius 1 is 0.533 bits per heavy atom. The SMILES string of the molecule is Cc1nc2nc(-c3cccc(F)c3)c(-c3ccncc3)nc2[nH]1.Fc1cccc(-c2nc3nc[nH]c3nc2-c2ccncc2)c1. The first-order valence-corrected chi connectivity index (χ1v) is 13.8. The second-order valence-corrected chi connectivity index (χ2v) is 9.90.